The largest absolute Gasteiger partial charge is 0.390 e. The van der Waals surface area contributed by atoms with Crippen molar-refractivity contribution in [3.8, 4) is 5.69 Å². The van der Waals surface area contributed by atoms with E-state index in [9.17, 15) is 0 Å². The van der Waals surface area contributed by atoms with Gasteiger partial charge in [0.2, 0.25) is 0 Å². The fourth-order valence-corrected chi connectivity index (χ4v) is 1.89. The lowest BCUT2D eigenvalue weighted by atomic mass is 10.1. The Morgan fingerprint density at radius 2 is 2.06 bits per heavy atom. The van der Waals surface area contributed by atoms with Crippen LogP contribution < -0.4 is 0 Å². The van der Waals surface area contributed by atoms with Gasteiger partial charge in [-0.15, -0.1) is 0 Å². The zero-order valence-corrected chi connectivity index (χ0v) is 10.8. The maximum absolute atomic E-state index is 9.07. The van der Waals surface area contributed by atoms with Crippen molar-refractivity contribution in [3.05, 3.63) is 45.7 Å². The number of aryl methyl sites for hydroxylation is 2. The smallest absolute Gasteiger partial charge is 0.102 e. The van der Waals surface area contributed by atoms with Gasteiger partial charge in [0.15, 0.2) is 0 Å². The summed E-state index contributed by atoms with van der Waals surface area (Å²) < 4.78 is 2.59. The van der Waals surface area contributed by atoms with E-state index in [4.69, 9.17) is 5.11 Å². The zero-order valence-electron chi connectivity index (χ0n) is 9.24. The van der Waals surface area contributed by atoms with Crippen molar-refractivity contribution in [2.45, 2.75) is 20.5 Å². The van der Waals surface area contributed by atoms with Crippen LogP contribution in [0.4, 0.5) is 0 Å². The van der Waals surface area contributed by atoms with Crippen molar-refractivity contribution in [1.29, 1.82) is 0 Å². The van der Waals surface area contributed by atoms with E-state index in [1.807, 2.05) is 12.3 Å². The van der Waals surface area contributed by atoms with E-state index in [1.54, 1.807) is 4.68 Å². The molecule has 1 aromatic carbocycles. The minimum Gasteiger partial charge on any atom is -0.390 e. The molecule has 0 radical (unpaired) electrons. The quantitative estimate of drug-likeness (QED) is 0.919. The van der Waals surface area contributed by atoms with Crippen molar-refractivity contribution in [1.82, 2.24) is 9.78 Å². The van der Waals surface area contributed by atoms with Crippen LogP contribution in [0.15, 0.2) is 28.9 Å². The number of benzene rings is 1. The summed E-state index contributed by atoms with van der Waals surface area (Å²) in [5.74, 6) is 0. The lowest BCUT2D eigenvalue weighted by molar-refractivity contribution is 0.275. The summed E-state index contributed by atoms with van der Waals surface area (Å²) in [6, 6.07) is 6.16. The highest BCUT2D eigenvalue weighted by molar-refractivity contribution is 9.10. The fraction of sp³-hybridized carbons (Fsp3) is 0.250. The van der Waals surface area contributed by atoms with Crippen LogP contribution in [0.2, 0.25) is 0 Å². The van der Waals surface area contributed by atoms with Crippen molar-refractivity contribution in [3.63, 3.8) is 0 Å². The summed E-state index contributed by atoms with van der Waals surface area (Å²) >= 11 is 3.36. The normalized spacial score (nSPS) is 10.8. The molecule has 0 bridgehead atoms. The van der Waals surface area contributed by atoms with Crippen LogP contribution in [-0.4, -0.2) is 14.9 Å². The number of hydrogen-bond donors (Lipinski definition) is 1. The third-order valence-electron chi connectivity index (χ3n) is 2.64. The molecule has 3 nitrogen and oxygen atoms in total. The molecule has 0 unspecified atom stereocenters. The Hall–Kier alpha value is -1.13. The van der Waals surface area contributed by atoms with Gasteiger partial charge in [0.25, 0.3) is 0 Å². The van der Waals surface area contributed by atoms with Gasteiger partial charge in [0.1, 0.15) is 5.69 Å². The lowest BCUT2D eigenvalue weighted by Gasteiger charge is -2.04. The third-order valence-corrected chi connectivity index (χ3v) is 3.31. The molecule has 4 heteroatoms. The molecule has 16 heavy (non-hydrogen) atoms. The molecule has 0 amide bonds. The Morgan fingerprint density at radius 3 is 2.62 bits per heavy atom. The number of aliphatic hydroxyl groups is 1. The van der Waals surface area contributed by atoms with E-state index < -0.39 is 0 Å². The monoisotopic (exact) mass is 280 g/mol. The number of rotatable bonds is 2. The molecular formula is C12H13BrN2O. The van der Waals surface area contributed by atoms with Gasteiger partial charge in [0.05, 0.1) is 16.8 Å². The standard InChI is InChI=1S/C12H13BrN2O/c1-8-3-4-10(5-9(8)2)15-6-11(13)12(7-16)14-15/h3-6,16H,7H2,1-2H3. The molecule has 2 aromatic rings. The van der Waals surface area contributed by atoms with E-state index in [-0.39, 0.29) is 6.61 Å². The summed E-state index contributed by atoms with van der Waals surface area (Å²) in [4.78, 5) is 0. The van der Waals surface area contributed by atoms with Gasteiger partial charge in [-0.3, -0.25) is 0 Å². The van der Waals surface area contributed by atoms with Crippen molar-refractivity contribution in [2.24, 2.45) is 0 Å². The minimum absolute atomic E-state index is 0.0571. The second kappa shape index (κ2) is 4.39. The van der Waals surface area contributed by atoms with Gasteiger partial charge < -0.3 is 5.11 Å². The summed E-state index contributed by atoms with van der Waals surface area (Å²) in [6.07, 6.45) is 1.86. The molecule has 0 saturated heterocycles. The number of halogens is 1. The SMILES string of the molecule is Cc1ccc(-n2cc(Br)c(CO)n2)cc1C. The van der Waals surface area contributed by atoms with E-state index in [0.29, 0.717) is 5.69 Å². The second-order valence-corrected chi connectivity index (χ2v) is 4.65. The molecular weight excluding hydrogens is 268 g/mol. The van der Waals surface area contributed by atoms with Crippen LogP contribution in [0, 0.1) is 13.8 Å². The lowest BCUT2D eigenvalue weighted by Crippen LogP contribution is -1.97. The van der Waals surface area contributed by atoms with Crippen LogP contribution in [-0.2, 0) is 6.61 Å². The van der Waals surface area contributed by atoms with E-state index >= 15 is 0 Å². The molecule has 84 valence electrons. The van der Waals surface area contributed by atoms with E-state index in [1.165, 1.54) is 11.1 Å². The minimum atomic E-state index is -0.0571. The summed E-state index contributed by atoms with van der Waals surface area (Å²) in [7, 11) is 0. The van der Waals surface area contributed by atoms with Crippen molar-refractivity contribution >= 4 is 15.9 Å². The molecule has 0 fully saturated rings. The molecule has 2 rings (SSSR count). The van der Waals surface area contributed by atoms with Gasteiger partial charge in [0, 0.05) is 6.20 Å². The van der Waals surface area contributed by atoms with E-state index in [2.05, 4.69) is 47.0 Å². The fourth-order valence-electron chi connectivity index (χ4n) is 1.50. The first-order valence-electron chi connectivity index (χ1n) is 5.04. The number of hydrogen-bond acceptors (Lipinski definition) is 2. The van der Waals surface area contributed by atoms with E-state index in [0.717, 1.165) is 10.2 Å². The van der Waals surface area contributed by atoms with Crippen molar-refractivity contribution < 1.29 is 5.11 Å². The first-order valence-corrected chi connectivity index (χ1v) is 5.83. The predicted octanol–water partition coefficient (Wildman–Crippen LogP) is 2.74. The number of aromatic nitrogens is 2. The molecule has 0 atom stereocenters. The van der Waals surface area contributed by atoms with Crippen LogP contribution >= 0.6 is 15.9 Å². The first kappa shape index (κ1) is 11.4. The van der Waals surface area contributed by atoms with Gasteiger partial charge >= 0.3 is 0 Å². The molecule has 1 heterocycles. The summed E-state index contributed by atoms with van der Waals surface area (Å²) in [5, 5.41) is 13.4. The van der Waals surface area contributed by atoms with Crippen LogP contribution in [0.25, 0.3) is 5.69 Å². The Kier molecular flexibility index (Phi) is 3.12. The predicted molar refractivity (Wildman–Crippen MR) is 66.7 cm³/mol. The van der Waals surface area contributed by atoms with Gasteiger partial charge in [-0.25, -0.2) is 4.68 Å². The van der Waals surface area contributed by atoms with Gasteiger partial charge in [-0.1, -0.05) is 6.07 Å². The molecule has 0 saturated carbocycles. The highest BCUT2D eigenvalue weighted by Gasteiger charge is 2.06. The zero-order chi connectivity index (χ0) is 11.7. The van der Waals surface area contributed by atoms with Gasteiger partial charge in [-0.05, 0) is 53.0 Å². The second-order valence-electron chi connectivity index (χ2n) is 3.79. The number of nitrogens with zero attached hydrogens (tertiary/aromatic N) is 2. The Balaban J connectivity index is 2.46. The molecule has 0 aliphatic heterocycles. The number of aliphatic hydroxyl groups excluding tert-OH is 1. The third kappa shape index (κ3) is 2.03. The average molecular weight is 281 g/mol. The first-order chi connectivity index (χ1) is 7.61. The molecule has 0 aliphatic rings. The Morgan fingerprint density at radius 1 is 1.31 bits per heavy atom. The summed E-state index contributed by atoms with van der Waals surface area (Å²) in [5.41, 5.74) is 4.15. The maximum Gasteiger partial charge on any atom is 0.102 e. The maximum atomic E-state index is 9.07. The summed E-state index contributed by atoms with van der Waals surface area (Å²) in [6.45, 7) is 4.10. The topological polar surface area (TPSA) is 38.0 Å². The highest BCUT2D eigenvalue weighted by Crippen LogP contribution is 2.19. The Bertz CT molecular complexity index is 520. The van der Waals surface area contributed by atoms with Crippen molar-refractivity contribution in [2.75, 3.05) is 0 Å². The molecule has 1 N–H and O–H groups in total. The molecule has 0 aliphatic carbocycles. The Labute approximate surface area is 103 Å². The molecule has 1 aromatic heterocycles. The van der Waals surface area contributed by atoms with Gasteiger partial charge in [-0.2, -0.15) is 5.10 Å². The van der Waals surface area contributed by atoms with Crippen LogP contribution in [0.5, 0.6) is 0 Å². The average Bonchev–Trinajstić information content (AvgIpc) is 2.64. The van der Waals surface area contributed by atoms with Crippen LogP contribution in [0.1, 0.15) is 16.8 Å². The highest BCUT2D eigenvalue weighted by atomic mass is 79.9. The molecule has 0 spiro atoms. The van der Waals surface area contributed by atoms with Crippen LogP contribution in [0.3, 0.4) is 0 Å².